The summed E-state index contributed by atoms with van der Waals surface area (Å²) in [4.78, 5) is 14.8. The Morgan fingerprint density at radius 3 is 2.81 bits per heavy atom. The molecular formula is C13H10ClNO. The molecule has 0 bridgehead atoms. The number of hydrogen-bond acceptors (Lipinski definition) is 2. The van der Waals surface area contributed by atoms with Crippen molar-refractivity contribution in [3.8, 4) is 11.1 Å². The minimum absolute atomic E-state index is 0.439. The van der Waals surface area contributed by atoms with Gasteiger partial charge in [0.25, 0.3) is 0 Å². The molecule has 0 radical (unpaired) electrons. The Bertz CT molecular complexity index is 511. The molecule has 0 aliphatic rings. The zero-order valence-electron chi connectivity index (χ0n) is 8.56. The van der Waals surface area contributed by atoms with Crippen LogP contribution in [-0.2, 0) is 5.88 Å². The molecule has 0 atom stereocenters. The first kappa shape index (κ1) is 10.8. The summed E-state index contributed by atoms with van der Waals surface area (Å²) in [6, 6.07) is 9.38. The molecule has 1 aromatic carbocycles. The molecule has 0 N–H and O–H groups in total. The standard InChI is InChI=1S/C13H10ClNO/c14-6-11-5-13(8-15-7-11)12-3-1-2-10(4-12)9-16/h1-5,7-9H,6H2. The Balaban J connectivity index is 2.45. The van der Waals surface area contributed by atoms with Crippen LogP contribution in [0.25, 0.3) is 11.1 Å². The van der Waals surface area contributed by atoms with Crippen LogP contribution in [0.1, 0.15) is 15.9 Å². The Hall–Kier alpha value is -1.67. The van der Waals surface area contributed by atoms with Gasteiger partial charge < -0.3 is 0 Å². The van der Waals surface area contributed by atoms with Crippen LogP contribution in [0.15, 0.2) is 42.7 Å². The topological polar surface area (TPSA) is 30.0 Å². The lowest BCUT2D eigenvalue weighted by atomic mass is 10.0. The van der Waals surface area contributed by atoms with Crippen molar-refractivity contribution in [2.24, 2.45) is 0 Å². The summed E-state index contributed by atoms with van der Waals surface area (Å²) >= 11 is 5.75. The summed E-state index contributed by atoms with van der Waals surface area (Å²) in [6.07, 6.45) is 4.34. The highest BCUT2D eigenvalue weighted by molar-refractivity contribution is 6.17. The van der Waals surface area contributed by atoms with Crippen LogP contribution >= 0.6 is 11.6 Å². The minimum Gasteiger partial charge on any atom is -0.298 e. The van der Waals surface area contributed by atoms with Crippen molar-refractivity contribution in [3.63, 3.8) is 0 Å². The van der Waals surface area contributed by atoms with E-state index < -0.39 is 0 Å². The van der Waals surface area contributed by atoms with Crippen LogP contribution in [0, 0.1) is 0 Å². The van der Waals surface area contributed by atoms with Gasteiger partial charge in [-0.05, 0) is 23.3 Å². The van der Waals surface area contributed by atoms with E-state index in [1.807, 2.05) is 24.3 Å². The monoisotopic (exact) mass is 231 g/mol. The van der Waals surface area contributed by atoms with E-state index in [1.54, 1.807) is 18.5 Å². The maximum atomic E-state index is 10.7. The molecule has 0 saturated carbocycles. The van der Waals surface area contributed by atoms with Crippen LogP contribution < -0.4 is 0 Å². The molecule has 2 aromatic rings. The molecule has 0 aliphatic carbocycles. The van der Waals surface area contributed by atoms with Gasteiger partial charge in [0.1, 0.15) is 6.29 Å². The van der Waals surface area contributed by atoms with Gasteiger partial charge >= 0.3 is 0 Å². The fraction of sp³-hybridized carbons (Fsp3) is 0.0769. The van der Waals surface area contributed by atoms with Crippen LogP contribution in [-0.4, -0.2) is 11.3 Å². The summed E-state index contributed by atoms with van der Waals surface area (Å²) in [5.41, 5.74) is 3.58. The van der Waals surface area contributed by atoms with Gasteiger partial charge in [0.2, 0.25) is 0 Å². The average Bonchev–Trinajstić information content (AvgIpc) is 2.39. The third kappa shape index (κ3) is 2.28. The first-order valence-electron chi connectivity index (χ1n) is 4.89. The number of carbonyl (C=O) groups is 1. The number of nitrogens with zero attached hydrogens (tertiary/aromatic N) is 1. The molecule has 0 unspecified atom stereocenters. The molecule has 2 rings (SSSR count). The highest BCUT2D eigenvalue weighted by Crippen LogP contribution is 2.20. The lowest BCUT2D eigenvalue weighted by molar-refractivity contribution is 0.112. The van der Waals surface area contributed by atoms with Crippen molar-refractivity contribution in [1.82, 2.24) is 4.98 Å². The molecule has 16 heavy (non-hydrogen) atoms. The summed E-state index contributed by atoms with van der Waals surface area (Å²) in [5, 5.41) is 0. The zero-order valence-corrected chi connectivity index (χ0v) is 9.32. The van der Waals surface area contributed by atoms with Gasteiger partial charge in [-0.3, -0.25) is 9.78 Å². The van der Waals surface area contributed by atoms with Crippen molar-refractivity contribution in [3.05, 3.63) is 53.9 Å². The van der Waals surface area contributed by atoms with Gasteiger partial charge in [-0.25, -0.2) is 0 Å². The first-order chi connectivity index (χ1) is 7.83. The van der Waals surface area contributed by atoms with Crippen molar-refractivity contribution in [2.45, 2.75) is 5.88 Å². The van der Waals surface area contributed by atoms with Crippen molar-refractivity contribution in [1.29, 1.82) is 0 Å². The molecule has 0 aliphatic heterocycles. The molecular weight excluding hydrogens is 222 g/mol. The zero-order chi connectivity index (χ0) is 11.4. The van der Waals surface area contributed by atoms with E-state index in [0.29, 0.717) is 11.4 Å². The molecule has 1 aromatic heterocycles. The fourth-order valence-electron chi connectivity index (χ4n) is 1.51. The van der Waals surface area contributed by atoms with Crippen molar-refractivity contribution < 1.29 is 4.79 Å². The Morgan fingerprint density at radius 2 is 2.06 bits per heavy atom. The van der Waals surface area contributed by atoms with Crippen LogP contribution in [0.5, 0.6) is 0 Å². The number of aldehydes is 1. The molecule has 1 heterocycles. The Labute approximate surface area is 98.9 Å². The van der Waals surface area contributed by atoms with Crippen molar-refractivity contribution in [2.75, 3.05) is 0 Å². The van der Waals surface area contributed by atoms with Gasteiger partial charge in [0, 0.05) is 29.4 Å². The predicted molar refractivity (Wildman–Crippen MR) is 64.6 cm³/mol. The van der Waals surface area contributed by atoms with E-state index in [9.17, 15) is 4.79 Å². The normalized spacial score (nSPS) is 10.1. The number of halogens is 1. The van der Waals surface area contributed by atoms with Crippen LogP contribution in [0.3, 0.4) is 0 Å². The number of benzene rings is 1. The molecule has 0 spiro atoms. The smallest absolute Gasteiger partial charge is 0.150 e. The molecule has 0 saturated heterocycles. The summed E-state index contributed by atoms with van der Waals surface area (Å²) in [5.74, 6) is 0.439. The maximum absolute atomic E-state index is 10.7. The molecule has 2 nitrogen and oxygen atoms in total. The summed E-state index contributed by atoms with van der Waals surface area (Å²) < 4.78 is 0. The van der Waals surface area contributed by atoms with Gasteiger partial charge in [0.05, 0.1) is 0 Å². The van der Waals surface area contributed by atoms with E-state index in [1.165, 1.54) is 0 Å². The fourth-order valence-corrected chi connectivity index (χ4v) is 1.66. The lowest BCUT2D eigenvalue weighted by Gasteiger charge is -2.03. The molecule has 3 heteroatoms. The quantitative estimate of drug-likeness (QED) is 0.599. The predicted octanol–water partition coefficient (Wildman–Crippen LogP) is 3.30. The number of aromatic nitrogens is 1. The molecule has 80 valence electrons. The van der Waals surface area contributed by atoms with Gasteiger partial charge in [-0.15, -0.1) is 11.6 Å². The second-order valence-corrected chi connectivity index (χ2v) is 3.73. The number of pyridine rings is 1. The number of carbonyl (C=O) groups excluding carboxylic acids is 1. The van der Waals surface area contributed by atoms with E-state index >= 15 is 0 Å². The van der Waals surface area contributed by atoms with E-state index in [-0.39, 0.29) is 0 Å². The summed E-state index contributed by atoms with van der Waals surface area (Å²) in [6.45, 7) is 0. The van der Waals surface area contributed by atoms with E-state index in [2.05, 4.69) is 4.98 Å². The molecule has 0 fully saturated rings. The number of alkyl halides is 1. The van der Waals surface area contributed by atoms with Crippen LogP contribution in [0.2, 0.25) is 0 Å². The van der Waals surface area contributed by atoms with Gasteiger partial charge in [0.15, 0.2) is 0 Å². The second kappa shape index (κ2) is 4.90. The van der Waals surface area contributed by atoms with Crippen LogP contribution in [0.4, 0.5) is 0 Å². The van der Waals surface area contributed by atoms with E-state index in [4.69, 9.17) is 11.6 Å². The van der Waals surface area contributed by atoms with Crippen molar-refractivity contribution >= 4 is 17.9 Å². The Morgan fingerprint density at radius 1 is 1.19 bits per heavy atom. The SMILES string of the molecule is O=Cc1cccc(-c2cncc(CCl)c2)c1. The van der Waals surface area contributed by atoms with E-state index in [0.717, 1.165) is 23.0 Å². The Kier molecular flexibility index (Phi) is 3.32. The number of hydrogen-bond donors (Lipinski definition) is 0. The summed E-state index contributed by atoms with van der Waals surface area (Å²) in [7, 11) is 0. The second-order valence-electron chi connectivity index (χ2n) is 3.46. The minimum atomic E-state index is 0.439. The molecule has 0 amide bonds. The largest absolute Gasteiger partial charge is 0.298 e. The maximum Gasteiger partial charge on any atom is 0.150 e. The average molecular weight is 232 g/mol. The highest BCUT2D eigenvalue weighted by atomic mass is 35.5. The third-order valence-electron chi connectivity index (χ3n) is 2.31. The number of rotatable bonds is 3. The first-order valence-corrected chi connectivity index (χ1v) is 5.42. The van der Waals surface area contributed by atoms with Gasteiger partial charge in [-0.2, -0.15) is 0 Å². The van der Waals surface area contributed by atoms with Gasteiger partial charge in [-0.1, -0.05) is 18.2 Å². The third-order valence-corrected chi connectivity index (χ3v) is 2.61. The highest BCUT2D eigenvalue weighted by Gasteiger charge is 2.00. The lowest BCUT2D eigenvalue weighted by Crippen LogP contribution is -1.86.